The second kappa shape index (κ2) is 11.7. The van der Waals surface area contributed by atoms with Crippen LogP contribution in [0.1, 0.15) is 71.3 Å². The van der Waals surface area contributed by atoms with Crippen molar-refractivity contribution in [2.24, 2.45) is 10.3 Å². The summed E-state index contributed by atoms with van der Waals surface area (Å²) in [6.07, 6.45) is 4.74. The number of rotatable bonds is 7. The molecule has 4 atom stereocenters. The van der Waals surface area contributed by atoms with Crippen molar-refractivity contribution in [2.45, 2.75) is 95.3 Å². The highest BCUT2D eigenvalue weighted by Crippen LogP contribution is 2.37. The molecule has 0 spiro atoms. The predicted octanol–water partition coefficient (Wildman–Crippen LogP) is 4.84. The van der Waals surface area contributed by atoms with Gasteiger partial charge in [0.05, 0.1) is 13.2 Å². The van der Waals surface area contributed by atoms with Gasteiger partial charge in [-0.15, -0.1) is 4.36 Å². The van der Waals surface area contributed by atoms with Gasteiger partial charge in [-0.1, -0.05) is 6.07 Å². The number of esters is 1. The second-order valence-corrected chi connectivity index (χ2v) is 12.6. The van der Waals surface area contributed by atoms with Crippen LogP contribution in [0.3, 0.4) is 0 Å². The molecule has 9 nitrogen and oxygen atoms in total. The van der Waals surface area contributed by atoms with E-state index < -0.39 is 33.6 Å². The van der Waals surface area contributed by atoms with Crippen molar-refractivity contribution in [3.8, 4) is 5.75 Å². The zero-order chi connectivity index (χ0) is 26.5. The quantitative estimate of drug-likeness (QED) is 0.372. The fraction of sp³-hybridized carbons (Fsp3) is 0.654. The molecular formula is C26H38N2O7S. The van der Waals surface area contributed by atoms with Crippen LogP contribution in [0.25, 0.3) is 0 Å². The number of nitrogens with zero attached hydrogens (tertiary/aromatic N) is 2. The molecular weight excluding hydrogens is 484 g/mol. The topological polar surface area (TPSA) is 112 Å². The molecule has 36 heavy (non-hydrogen) atoms. The monoisotopic (exact) mass is 522 g/mol. The second-order valence-electron chi connectivity index (χ2n) is 10.5. The van der Waals surface area contributed by atoms with E-state index in [1.165, 1.54) is 11.4 Å². The van der Waals surface area contributed by atoms with Gasteiger partial charge < -0.3 is 19.0 Å². The maximum absolute atomic E-state index is 14.8. The molecule has 1 aliphatic heterocycles. The number of aryl methyl sites for hydroxylation is 1. The number of aldehydes is 1. The molecule has 2 aliphatic rings. The number of ether oxygens (including phenoxy) is 3. The molecule has 1 saturated heterocycles. The van der Waals surface area contributed by atoms with Crippen molar-refractivity contribution < 1.29 is 32.8 Å². The van der Waals surface area contributed by atoms with Crippen LogP contribution in [0.15, 0.2) is 27.5 Å². The van der Waals surface area contributed by atoms with E-state index in [-0.39, 0.29) is 16.9 Å². The van der Waals surface area contributed by atoms with Crippen molar-refractivity contribution in [1.82, 2.24) is 4.31 Å². The summed E-state index contributed by atoms with van der Waals surface area (Å²) in [4.78, 5) is 36.7. The molecule has 1 aromatic rings. The highest BCUT2D eigenvalue weighted by Gasteiger charge is 2.41. The number of carbonyl (C=O) groups excluding carboxylic acids is 3. The summed E-state index contributed by atoms with van der Waals surface area (Å²) in [5.41, 5.74) is 0.0506. The Morgan fingerprint density at radius 2 is 1.94 bits per heavy atom. The van der Waals surface area contributed by atoms with E-state index in [2.05, 4.69) is 4.36 Å². The third kappa shape index (κ3) is 6.85. The summed E-state index contributed by atoms with van der Waals surface area (Å²) in [6.45, 7) is 7.30. The standard InChI is InChI=1S/C26H38N2O7S/c1-18-11-12-23(22(16-18)34-20-9-6-8-19(17-20)13-15-29)36(32,27-25(31)35-26(2,3)4)28-14-7-10-21(28)24(30)33-5/h11-12,15-16,19-21H,6-10,13-14,17H2,1-5H3/t19-,20-,21+,36+/m1/s1. The maximum Gasteiger partial charge on any atom is 0.443 e. The largest absolute Gasteiger partial charge is 0.489 e. The highest BCUT2D eigenvalue weighted by molar-refractivity contribution is 7.91. The van der Waals surface area contributed by atoms with Crippen molar-refractivity contribution in [2.75, 3.05) is 13.7 Å². The van der Waals surface area contributed by atoms with Crippen LogP contribution in [0.4, 0.5) is 4.79 Å². The van der Waals surface area contributed by atoms with Crippen LogP contribution in [-0.2, 0) is 29.0 Å². The first kappa shape index (κ1) is 28.1. The summed E-state index contributed by atoms with van der Waals surface area (Å²) in [5.74, 6) is 0.0744. The zero-order valence-electron chi connectivity index (χ0n) is 21.9. The molecule has 0 bridgehead atoms. The zero-order valence-corrected chi connectivity index (χ0v) is 22.7. The molecule has 0 unspecified atom stereocenters. The summed E-state index contributed by atoms with van der Waals surface area (Å²) in [7, 11) is -2.36. The maximum atomic E-state index is 14.8. The van der Waals surface area contributed by atoms with E-state index in [1.54, 1.807) is 39.0 Å². The first-order valence-electron chi connectivity index (χ1n) is 12.5. The van der Waals surface area contributed by atoms with Gasteiger partial charge in [0.1, 0.15) is 28.6 Å². The summed E-state index contributed by atoms with van der Waals surface area (Å²) in [6, 6.07) is 4.41. The molecule has 3 rings (SSSR count). The molecule has 1 saturated carbocycles. The third-order valence-electron chi connectivity index (χ3n) is 6.43. The lowest BCUT2D eigenvalue weighted by Gasteiger charge is -2.31. The van der Waals surface area contributed by atoms with E-state index in [0.29, 0.717) is 38.0 Å². The Balaban J connectivity index is 2.09. The van der Waals surface area contributed by atoms with Gasteiger partial charge >= 0.3 is 12.1 Å². The molecule has 1 aromatic carbocycles. The Kier molecular flexibility index (Phi) is 9.16. The van der Waals surface area contributed by atoms with Gasteiger partial charge in [0, 0.05) is 13.0 Å². The van der Waals surface area contributed by atoms with Gasteiger partial charge in [-0.05, 0) is 89.8 Å². The number of hydrogen-bond donors (Lipinski definition) is 0. The van der Waals surface area contributed by atoms with Gasteiger partial charge in [0.25, 0.3) is 0 Å². The van der Waals surface area contributed by atoms with E-state index in [4.69, 9.17) is 14.2 Å². The Bertz CT molecular complexity index is 1090. The van der Waals surface area contributed by atoms with Crippen LogP contribution in [0, 0.1) is 12.8 Å². The first-order valence-corrected chi connectivity index (χ1v) is 14.0. The van der Waals surface area contributed by atoms with Crippen LogP contribution in [0.2, 0.25) is 0 Å². The first-order chi connectivity index (χ1) is 17.0. The fourth-order valence-corrected chi connectivity index (χ4v) is 7.05. The number of methoxy groups -OCH3 is 1. The number of hydrogen-bond acceptors (Lipinski definition) is 7. The van der Waals surface area contributed by atoms with E-state index in [1.807, 2.05) is 6.92 Å². The van der Waals surface area contributed by atoms with Gasteiger partial charge in [0.2, 0.25) is 0 Å². The number of amides is 1. The van der Waals surface area contributed by atoms with Crippen LogP contribution in [0.5, 0.6) is 5.75 Å². The molecule has 200 valence electrons. The van der Waals surface area contributed by atoms with Crippen molar-refractivity contribution >= 4 is 28.3 Å². The van der Waals surface area contributed by atoms with Crippen LogP contribution in [-0.4, -0.2) is 58.3 Å². The van der Waals surface area contributed by atoms with Crippen LogP contribution >= 0.6 is 0 Å². The van der Waals surface area contributed by atoms with Crippen molar-refractivity contribution in [3.05, 3.63) is 23.8 Å². The van der Waals surface area contributed by atoms with E-state index in [0.717, 1.165) is 31.1 Å². The van der Waals surface area contributed by atoms with Gasteiger partial charge in [0.15, 0.2) is 9.92 Å². The van der Waals surface area contributed by atoms with E-state index in [9.17, 15) is 18.6 Å². The van der Waals surface area contributed by atoms with Crippen LogP contribution < -0.4 is 4.74 Å². The Morgan fingerprint density at radius 3 is 2.61 bits per heavy atom. The van der Waals surface area contributed by atoms with Gasteiger partial charge in [-0.3, -0.25) is 4.79 Å². The van der Waals surface area contributed by atoms with Gasteiger partial charge in [-0.2, -0.15) is 4.31 Å². The Labute approximate surface area is 214 Å². The summed E-state index contributed by atoms with van der Waals surface area (Å²) >= 11 is 0. The summed E-state index contributed by atoms with van der Waals surface area (Å²) in [5, 5.41) is 0. The average Bonchev–Trinajstić information content (AvgIpc) is 3.28. The van der Waals surface area contributed by atoms with Crippen molar-refractivity contribution in [1.29, 1.82) is 0 Å². The van der Waals surface area contributed by atoms with Crippen molar-refractivity contribution in [3.63, 3.8) is 0 Å². The summed E-state index contributed by atoms with van der Waals surface area (Å²) < 4.78 is 37.1. The molecule has 1 heterocycles. The number of benzene rings is 1. The number of carbonyl (C=O) groups is 3. The highest BCUT2D eigenvalue weighted by atomic mass is 32.2. The predicted molar refractivity (Wildman–Crippen MR) is 135 cm³/mol. The Hall–Kier alpha value is -2.46. The fourth-order valence-electron chi connectivity index (χ4n) is 4.82. The minimum absolute atomic E-state index is 0.163. The molecule has 2 fully saturated rings. The smallest absolute Gasteiger partial charge is 0.443 e. The lowest BCUT2D eigenvalue weighted by molar-refractivity contribution is -0.144. The minimum Gasteiger partial charge on any atom is -0.489 e. The minimum atomic E-state index is -3.64. The van der Waals surface area contributed by atoms with Gasteiger partial charge in [-0.25, -0.2) is 9.00 Å². The molecule has 10 heteroatoms. The lowest BCUT2D eigenvalue weighted by Crippen LogP contribution is -2.41. The molecule has 0 aromatic heterocycles. The molecule has 0 N–H and O–H groups in total. The SMILES string of the molecule is COC(=O)[C@@H]1CCCN1[S@@](=O)(=NC(=O)OC(C)(C)C)c1ccc(C)cc1O[C@@H]1CCC[C@H](CC=O)C1. The molecule has 0 radical (unpaired) electrons. The normalized spacial score (nSPS) is 24.4. The molecule has 1 aliphatic carbocycles. The third-order valence-corrected chi connectivity index (χ3v) is 8.81. The van der Waals surface area contributed by atoms with E-state index >= 15 is 0 Å². The molecule has 1 amide bonds. The average molecular weight is 523 g/mol. The Morgan fingerprint density at radius 1 is 1.19 bits per heavy atom. The lowest BCUT2D eigenvalue weighted by atomic mass is 9.85.